The van der Waals surface area contributed by atoms with E-state index in [1.807, 2.05) is 36.4 Å². The van der Waals surface area contributed by atoms with Gasteiger partial charge in [-0.2, -0.15) is 5.10 Å². The molecule has 0 fully saturated rings. The van der Waals surface area contributed by atoms with Crippen molar-refractivity contribution in [2.75, 3.05) is 14.2 Å². The van der Waals surface area contributed by atoms with Gasteiger partial charge >= 0.3 is 6.03 Å². The molecule has 0 aromatic heterocycles. The van der Waals surface area contributed by atoms with Gasteiger partial charge in [0.2, 0.25) is 0 Å². The lowest BCUT2D eigenvalue weighted by atomic mass is 10.1. The second kappa shape index (κ2) is 8.42. The molecular formula is C17H19N3O4. The zero-order chi connectivity index (χ0) is 17.4. The number of benzene rings is 2. The summed E-state index contributed by atoms with van der Waals surface area (Å²) in [5.41, 5.74) is 8.72. The van der Waals surface area contributed by atoms with E-state index in [0.717, 1.165) is 16.9 Å². The molecule has 0 bridgehead atoms. The number of rotatable bonds is 7. The molecule has 3 N–H and O–H groups in total. The summed E-state index contributed by atoms with van der Waals surface area (Å²) in [6, 6.07) is 12.1. The van der Waals surface area contributed by atoms with Crippen LogP contribution in [0.5, 0.6) is 17.2 Å². The third-order valence-corrected chi connectivity index (χ3v) is 3.15. The number of primary amides is 1. The van der Waals surface area contributed by atoms with E-state index in [-0.39, 0.29) is 0 Å². The number of nitrogens with two attached hydrogens (primary N) is 1. The summed E-state index contributed by atoms with van der Waals surface area (Å²) in [5.74, 6) is 2.18. The van der Waals surface area contributed by atoms with Crippen molar-refractivity contribution < 1.29 is 19.0 Å². The maximum atomic E-state index is 10.6. The number of carbonyl (C=O) groups is 1. The predicted molar refractivity (Wildman–Crippen MR) is 90.6 cm³/mol. The topological polar surface area (TPSA) is 95.2 Å². The Bertz CT molecular complexity index is 714. The molecule has 0 spiro atoms. The number of methoxy groups -OCH3 is 2. The molecule has 0 saturated heterocycles. The Balaban J connectivity index is 2.08. The van der Waals surface area contributed by atoms with Gasteiger partial charge in [-0.15, -0.1) is 0 Å². The van der Waals surface area contributed by atoms with Crippen LogP contribution in [0.15, 0.2) is 47.6 Å². The van der Waals surface area contributed by atoms with Crippen LogP contribution < -0.4 is 25.4 Å². The second-order valence-electron chi connectivity index (χ2n) is 4.77. The Labute approximate surface area is 140 Å². The molecule has 2 rings (SSSR count). The van der Waals surface area contributed by atoms with Gasteiger partial charge in [-0.1, -0.05) is 0 Å². The number of hydrazone groups is 1. The third kappa shape index (κ3) is 4.91. The van der Waals surface area contributed by atoms with Crippen LogP contribution in [0.1, 0.15) is 11.1 Å². The van der Waals surface area contributed by atoms with Crippen molar-refractivity contribution in [3.05, 3.63) is 53.6 Å². The lowest BCUT2D eigenvalue weighted by Gasteiger charge is -2.11. The first-order chi connectivity index (χ1) is 11.6. The average Bonchev–Trinajstić information content (AvgIpc) is 2.60. The highest BCUT2D eigenvalue weighted by Crippen LogP contribution is 2.23. The summed E-state index contributed by atoms with van der Waals surface area (Å²) in [6.45, 7) is 0.320. The molecule has 0 aliphatic carbocycles. The SMILES string of the molecule is COc1ccc(OCc2cc(C=NNC(N)=O)ccc2OC)cc1. The minimum atomic E-state index is -0.720. The van der Waals surface area contributed by atoms with E-state index in [0.29, 0.717) is 18.1 Å². The lowest BCUT2D eigenvalue weighted by Crippen LogP contribution is -2.24. The number of hydrogen-bond donors (Lipinski definition) is 2. The molecule has 24 heavy (non-hydrogen) atoms. The summed E-state index contributed by atoms with van der Waals surface area (Å²) in [4.78, 5) is 10.6. The number of urea groups is 1. The smallest absolute Gasteiger partial charge is 0.332 e. The first-order valence-electron chi connectivity index (χ1n) is 7.14. The number of carbonyl (C=O) groups excluding carboxylic acids is 1. The number of amides is 2. The normalized spacial score (nSPS) is 10.4. The highest BCUT2D eigenvalue weighted by atomic mass is 16.5. The molecule has 2 amide bonds. The molecule has 0 unspecified atom stereocenters. The van der Waals surface area contributed by atoms with Gasteiger partial charge < -0.3 is 19.9 Å². The van der Waals surface area contributed by atoms with Crippen molar-refractivity contribution in [2.24, 2.45) is 10.8 Å². The van der Waals surface area contributed by atoms with Crippen molar-refractivity contribution in [1.29, 1.82) is 0 Å². The zero-order valence-corrected chi connectivity index (χ0v) is 13.5. The second-order valence-corrected chi connectivity index (χ2v) is 4.77. The fourth-order valence-corrected chi connectivity index (χ4v) is 2.00. The third-order valence-electron chi connectivity index (χ3n) is 3.15. The van der Waals surface area contributed by atoms with E-state index in [4.69, 9.17) is 19.9 Å². The van der Waals surface area contributed by atoms with E-state index in [1.54, 1.807) is 20.3 Å². The first kappa shape index (κ1) is 17.1. The van der Waals surface area contributed by atoms with Crippen LogP contribution >= 0.6 is 0 Å². The quantitative estimate of drug-likeness (QED) is 0.602. The highest BCUT2D eigenvalue weighted by Gasteiger charge is 2.05. The van der Waals surface area contributed by atoms with Gasteiger partial charge in [0.05, 0.1) is 20.4 Å². The van der Waals surface area contributed by atoms with Crippen molar-refractivity contribution in [3.8, 4) is 17.2 Å². The minimum absolute atomic E-state index is 0.320. The summed E-state index contributed by atoms with van der Waals surface area (Å²) >= 11 is 0. The van der Waals surface area contributed by atoms with Crippen LogP contribution in [-0.4, -0.2) is 26.5 Å². The molecule has 7 nitrogen and oxygen atoms in total. The van der Waals surface area contributed by atoms with Crippen LogP contribution in [0.4, 0.5) is 4.79 Å². The zero-order valence-electron chi connectivity index (χ0n) is 13.5. The molecule has 0 heterocycles. The lowest BCUT2D eigenvalue weighted by molar-refractivity contribution is 0.249. The average molecular weight is 329 g/mol. The van der Waals surface area contributed by atoms with E-state index in [1.165, 1.54) is 6.21 Å². The van der Waals surface area contributed by atoms with Crippen LogP contribution in [0.3, 0.4) is 0 Å². The molecule has 0 atom stereocenters. The standard InChI is InChI=1S/C17H19N3O4/c1-22-14-4-6-15(7-5-14)24-11-13-9-12(3-8-16(13)23-2)10-19-20-17(18)21/h3-10H,11H2,1-2H3,(H3,18,20,21). The van der Waals surface area contributed by atoms with Crippen molar-refractivity contribution in [1.82, 2.24) is 5.43 Å². The number of ether oxygens (including phenoxy) is 3. The van der Waals surface area contributed by atoms with E-state index < -0.39 is 6.03 Å². The van der Waals surface area contributed by atoms with Gasteiger partial charge in [-0.25, -0.2) is 10.2 Å². The number of hydrogen-bond acceptors (Lipinski definition) is 5. The van der Waals surface area contributed by atoms with E-state index >= 15 is 0 Å². The number of nitrogens with zero attached hydrogens (tertiary/aromatic N) is 1. The Morgan fingerprint density at radius 3 is 2.46 bits per heavy atom. The maximum absolute atomic E-state index is 10.6. The summed E-state index contributed by atoms with van der Waals surface area (Å²) < 4.78 is 16.2. The van der Waals surface area contributed by atoms with Crippen molar-refractivity contribution in [2.45, 2.75) is 6.61 Å². The summed E-state index contributed by atoms with van der Waals surface area (Å²) in [7, 11) is 3.20. The monoisotopic (exact) mass is 329 g/mol. The number of nitrogens with one attached hydrogen (secondary N) is 1. The Morgan fingerprint density at radius 2 is 1.83 bits per heavy atom. The van der Waals surface area contributed by atoms with Gasteiger partial charge in [-0.05, 0) is 48.0 Å². The van der Waals surface area contributed by atoms with Crippen LogP contribution in [0.2, 0.25) is 0 Å². The molecule has 2 aromatic carbocycles. The fraction of sp³-hybridized carbons (Fsp3) is 0.176. The van der Waals surface area contributed by atoms with Crippen molar-refractivity contribution >= 4 is 12.2 Å². The van der Waals surface area contributed by atoms with Crippen LogP contribution in [0, 0.1) is 0 Å². The van der Waals surface area contributed by atoms with Gasteiger partial charge in [0, 0.05) is 5.56 Å². The van der Waals surface area contributed by atoms with Gasteiger partial charge in [0.15, 0.2) is 0 Å². The van der Waals surface area contributed by atoms with Crippen molar-refractivity contribution in [3.63, 3.8) is 0 Å². The first-order valence-corrected chi connectivity index (χ1v) is 7.14. The molecular weight excluding hydrogens is 310 g/mol. The predicted octanol–water partition coefficient (Wildman–Crippen LogP) is 2.29. The fourth-order valence-electron chi connectivity index (χ4n) is 2.00. The Morgan fingerprint density at radius 1 is 1.12 bits per heavy atom. The maximum Gasteiger partial charge on any atom is 0.332 e. The molecule has 0 saturated carbocycles. The van der Waals surface area contributed by atoms with E-state index in [2.05, 4.69) is 10.5 Å². The largest absolute Gasteiger partial charge is 0.497 e. The van der Waals surface area contributed by atoms with Gasteiger partial charge in [0.1, 0.15) is 23.9 Å². The summed E-state index contributed by atoms with van der Waals surface area (Å²) in [6.07, 6.45) is 1.49. The van der Waals surface area contributed by atoms with Crippen LogP contribution in [-0.2, 0) is 6.61 Å². The minimum Gasteiger partial charge on any atom is -0.497 e. The van der Waals surface area contributed by atoms with Gasteiger partial charge in [-0.3, -0.25) is 0 Å². The van der Waals surface area contributed by atoms with Gasteiger partial charge in [0.25, 0.3) is 0 Å². The molecule has 0 aliphatic heterocycles. The Kier molecular flexibility index (Phi) is 6.01. The molecule has 7 heteroatoms. The summed E-state index contributed by atoms with van der Waals surface area (Å²) in [5, 5.41) is 3.73. The molecule has 0 radical (unpaired) electrons. The molecule has 0 aliphatic rings. The Hall–Kier alpha value is -3.22. The van der Waals surface area contributed by atoms with Crippen LogP contribution in [0.25, 0.3) is 0 Å². The highest BCUT2D eigenvalue weighted by molar-refractivity contribution is 5.82. The molecule has 126 valence electrons. The molecule has 2 aromatic rings. The van der Waals surface area contributed by atoms with E-state index in [9.17, 15) is 4.79 Å².